The number of sulfonamides is 1. The van der Waals surface area contributed by atoms with E-state index in [9.17, 15) is 8.42 Å². The normalized spacial score (nSPS) is 24.2. The van der Waals surface area contributed by atoms with Crippen LogP contribution in [0.3, 0.4) is 0 Å². The predicted molar refractivity (Wildman–Crippen MR) is 107 cm³/mol. The Bertz CT molecular complexity index is 932. The van der Waals surface area contributed by atoms with Crippen molar-refractivity contribution >= 4 is 10.0 Å². The predicted octanol–water partition coefficient (Wildman–Crippen LogP) is 3.28. The van der Waals surface area contributed by atoms with Gasteiger partial charge in [-0.15, -0.1) is 0 Å². The molecule has 2 aromatic rings. The third-order valence-electron chi connectivity index (χ3n) is 6.37. The van der Waals surface area contributed by atoms with Gasteiger partial charge >= 0.3 is 0 Å². The van der Waals surface area contributed by atoms with Gasteiger partial charge in [0.1, 0.15) is 5.76 Å². The van der Waals surface area contributed by atoms with Crippen molar-refractivity contribution in [3.8, 4) is 0 Å². The van der Waals surface area contributed by atoms with Gasteiger partial charge in [-0.3, -0.25) is 4.90 Å². The van der Waals surface area contributed by atoms with Crippen molar-refractivity contribution in [2.45, 2.75) is 51.5 Å². The summed E-state index contributed by atoms with van der Waals surface area (Å²) in [6.45, 7) is 9.92. The molecular formula is C21H29N3O3S. The molecule has 1 aromatic carbocycles. The minimum absolute atomic E-state index is 0.0506. The fourth-order valence-electron chi connectivity index (χ4n) is 4.69. The lowest BCUT2D eigenvalue weighted by Gasteiger charge is -2.40. The van der Waals surface area contributed by atoms with Crippen molar-refractivity contribution in [3.05, 3.63) is 46.8 Å². The van der Waals surface area contributed by atoms with Crippen molar-refractivity contribution in [2.75, 3.05) is 26.2 Å². The Morgan fingerprint density at radius 2 is 1.82 bits per heavy atom. The van der Waals surface area contributed by atoms with Crippen LogP contribution < -0.4 is 0 Å². The molecule has 0 amide bonds. The molecule has 0 aliphatic carbocycles. The van der Waals surface area contributed by atoms with Gasteiger partial charge in [0.25, 0.3) is 0 Å². The van der Waals surface area contributed by atoms with Gasteiger partial charge < -0.3 is 4.52 Å². The van der Waals surface area contributed by atoms with Crippen molar-refractivity contribution < 1.29 is 12.9 Å². The molecule has 1 aromatic heterocycles. The lowest BCUT2D eigenvalue weighted by Crippen LogP contribution is -2.45. The van der Waals surface area contributed by atoms with E-state index in [-0.39, 0.29) is 5.41 Å². The number of aromatic nitrogens is 1. The van der Waals surface area contributed by atoms with E-state index in [0.29, 0.717) is 18.0 Å². The fourth-order valence-corrected chi connectivity index (χ4v) is 6.24. The van der Waals surface area contributed by atoms with Crippen LogP contribution in [-0.4, -0.2) is 49.0 Å². The second-order valence-corrected chi connectivity index (χ2v) is 10.5. The van der Waals surface area contributed by atoms with Crippen LogP contribution in [0.4, 0.5) is 0 Å². The summed E-state index contributed by atoms with van der Waals surface area (Å²) in [7, 11) is -3.42. The smallest absolute Gasteiger partial charge is 0.243 e. The Morgan fingerprint density at radius 1 is 1.07 bits per heavy atom. The summed E-state index contributed by atoms with van der Waals surface area (Å²) in [4.78, 5) is 2.84. The molecule has 0 saturated carbocycles. The Morgan fingerprint density at radius 3 is 2.50 bits per heavy atom. The summed E-state index contributed by atoms with van der Waals surface area (Å²) >= 11 is 0. The van der Waals surface area contributed by atoms with E-state index in [4.69, 9.17) is 4.52 Å². The number of nitrogens with zero attached hydrogens (tertiary/aromatic N) is 3. The van der Waals surface area contributed by atoms with Crippen molar-refractivity contribution in [2.24, 2.45) is 5.41 Å². The van der Waals surface area contributed by atoms with Gasteiger partial charge in [-0.1, -0.05) is 22.9 Å². The van der Waals surface area contributed by atoms with Crippen LogP contribution in [0.15, 0.2) is 33.7 Å². The number of rotatable bonds is 4. The van der Waals surface area contributed by atoms with E-state index in [2.05, 4.69) is 10.1 Å². The minimum Gasteiger partial charge on any atom is -0.361 e. The van der Waals surface area contributed by atoms with Gasteiger partial charge in [0.15, 0.2) is 0 Å². The standard InChI is InChI=1S/C21H29N3O3S/c1-16-5-7-19(8-6-16)28(25,26)24-12-10-21(15-24)9-4-11-23(14-21)13-20-17(2)22-27-18(20)3/h5-8H,4,9-15H2,1-3H3/t21-/m0/s1. The van der Waals surface area contributed by atoms with Crippen molar-refractivity contribution in [1.82, 2.24) is 14.4 Å². The van der Waals surface area contributed by atoms with Gasteiger partial charge in [-0.05, 0) is 64.1 Å². The second kappa shape index (κ2) is 7.28. The van der Waals surface area contributed by atoms with Crippen LogP contribution in [0.25, 0.3) is 0 Å². The maximum atomic E-state index is 13.1. The van der Waals surface area contributed by atoms with Gasteiger partial charge in [0.05, 0.1) is 10.6 Å². The summed E-state index contributed by atoms with van der Waals surface area (Å²) in [5.74, 6) is 0.882. The molecule has 0 bridgehead atoms. The number of hydrogen-bond acceptors (Lipinski definition) is 5. The van der Waals surface area contributed by atoms with E-state index in [1.807, 2.05) is 32.9 Å². The average Bonchev–Trinajstić information content (AvgIpc) is 3.21. The van der Waals surface area contributed by atoms with E-state index < -0.39 is 10.0 Å². The highest BCUT2D eigenvalue weighted by Gasteiger charge is 2.45. The van der Waals surface area contributed by atoms with Gasteiger partial charge in [-0.25, -0.2) is 8.42 Å². The van der Waals surface area contributed by atoms with Gasteiger partial charge in [-0.2, -0.15) is 4.31 Å². The highest BCUT2D eigenvalue weighted by Crippen LogP contribution is 2.41. The largest absolute Gasteiger partial charge is 0.361 e. The molecule has 6 nitrogen and oxygen atoms in total. The molecule has 4 rings (SSSR count). The molecule has 2 fully saturated rings. The molecule has 1 atom stereocenters. The second-order valence-electron chi connectivity index (χ2n) is 8.52. The number of hydrogen-bond donors (Lipinski definition) is 0. The summed E-state index contributed by atoms with van der Waals surface area (Å²) in [6.07, 6.45) is 3.11. The van der Waals surface area contributed by atoms with Crippen LogP contribution in [0.5, 0.6) is 0 Å². The van der Waals surface area contributed by atoms with Crippen LogP contribution in [0.2, 0.25) is 0 Å². The summed E-state index contributed by atoms with van der Waals surface area (Å²) < 4.78 is 33.2. The third-order valence-corrected chi connectivity index (χ3v) is 8.22. The zero-order valence-corrected chi connectivity index (χ0v) is 17.8. The molecule has 0 radical (unpaired) electrons. The Kier molecular flexibility index (Phi) is 5.10. The monoisotopic (exact) mass is 403 g/mol. The lowest BCUT2D eigenvalue weighted by molar-refractivity contribution is 0.0930. The molecule has 2 saturated heterocycles. The third kappa shape index (κ3) is 3.63. The molecule has 2 aliphatic heterocycles. The first-order valence-corrected chi connectivity index (χ1v) is 11.4. The minimum atomic E-state index is -3.42. The first-order chi connectivity index (χ1) is 13.3. The molecule has 7 heteroatoms. The quantitative estimate of drug-likeness (QED) is 0.784. The van der Waals surface area contributed by atoms with Gasteiger partial charge in [0, 0.05) is 31.7 Å². The molecule has 28 heavy (non-hydrogen) atoms. The van der Waals surface area contributed by atoms with E-state index in [1.54, 1.807) is 16.4 Å². The number of benzene rings is 1. The van der Waals surface area contributed by atoms with E-state index >= 15 is 0 Å². The maximum Gasteiger partial charge on any atom is 0.243 e. The molecule has 1 spiro atoms. The Labute approximate surface area is 167 Å². The summed E-state index contributed by atoms with van der Waals surface area (Å²) in [5.41, 5.74) is 3.24. The zero-order valence-electron chi connectivity index (χ0n) is 16.9. The first-order valence-electron chi connectivity index (χ1n) is 10.0. The SMILES string of the molecule is Cc1ccc(S(=O)(=O)N2CC[C@]3(CCCN(Cc4c(C)noc4C)C3)C2)cc1. The molecule has 152 valence electrons. The first kappa shape index (κ1) is 19.6. The van der Waals surface area contributed by atoms with E-state index in [1.165, 1.54) is 5.56 Å². The molecule has 0 N–H and O–H groups in total. The molecular weight excluding hydrogens is 374 g/mol. The highest BCUT2D eigenvalue weighted by molar-refractivity contribution is 7.89. The number of piperidine rings is 1. The van der Waals surface area contributed by atoms with Gasteiger partial charge in [0.2, 0.25) is 10.0 Å². The average molecular weight is 404 g/mol. The van der Waals surface area contributed by atoms with E-state index in [0.717, 1.165) is 55.9 Å². The topological polar surface area (TPSA) is 66.7 Å². The van der Waals surface area contributed by atoms with Crippen LogP contribution in [0.1, 0.15) is 41.8 Å². The van der Waals surface area contributed by atoms with Crippen LogP contribution in [-0.2, 0) is 16.6 Å². The molecule has 0 unspecified atom stereocenters. The van der Waals surface area contributed by atoms with Crippen LogP contribution >= 0.6 is 0 Å². The number of aryl methyl sites for hydroxylation is 3. The molecule has 3 heterocycles. The Balaban J connectivity index is 1.48. The van der Waals surface area contributed by atoms with Crippen molar-refractivity contribution in [1.29, 1.82) is 0 Å². The van der Waals surface area contributed by atoms with Crippen molar-refractivity contribution in [3.63, 3.8) is 0 Å². The zero-order chi connectivity index (χ0) is 19.9. The Hall–Kier alpha value is -1.70. The number of likely N-dealkylation sites (tertiary alicyclic amines) is 1. The summed E-state index contributed by atoms with van der Waals surface area (Å²) in [6, 6.07) is 7.18. The fraction of sp³-hybridized carbons (Fsp3) is 0.571. The lowest BCUT2D eigenvalue weighted by atomic mass is 9.79. The summed E-state index contributed by atoms with van der Waals surface area (Å²) in [5, 5.41) is 4.07. The maximum absolute atomic E-state index is 13.1. The van der Waals surface area contributed by atoms with Crippen LogP contribution in [0, 0.1) is 26.2 Å². The highest BCUT2D eigenvalue weighted by atomic mass is 32.2. The molecule has 2 aliphatic rings.